The van der Waals surface area contributed by atoms with Crippen LogP contribution in [0.15, 0.2) is 36.7 Å². The minimum absolute atomic E-state index is 0.328. The van der Waals surface area contributed by atoms with Gasteiger partial charge in [-0.3, -0.25) is 10.2 Å². The Kier molecular flexibility index (Phi) is 2.94. The summed E-state index contributed by atoms with van der Waals surface area (Å²) in [5.41, 5.74) is 4.31. The standard InChI is InChI=1S/C11H10ClN3O/c12-8-3-1-7(2-4-8)9-5-14-6-10(9)11(16)15-13/h1-6,14H,13H2,(H,15,16). The molecule has 4 nitrogen and oxygen atoms in total. The van der Waals surface area contributed by atoms with Crippen molar-refractivity contribution in [3.05, 3.63) is 47.2 Å². The molecule has 0 atom stereocenters. The molecule has 0 spiro atoms. The summed E-state index contributed by atoms with van der Waals surface area (Å²) >= 11 is 5.80. The van der Waals surface area contributed by atoms with Crippen LogP contribution in [0.4, 0.5) is 0 Å². The van der Waals surface area contributed by atoms with Crippen LogP contribution in [-0.4, -0.2) is 10.9 Å². The number of rotatable bonds is 2. The second-order valence-electron chi connectivity index (χ2n) is 3.26. The van der Waals surface area contributed by atoms with E-state index in [1.807, 2.05) is 12.1 Å². The predicted octanol–water partition coefficient (Wildman–Crippen LogP) is 1.94. The zero-order valence-electron chi connectivity index (χ0n) is 8.33. The predicted molar refractivity (Wildman–Crippen MR) is 62.9 cm³/mol. The number of hydrazine groups is 1. The van der Waals surface area contributed by atoms with Crippen molar-refractivity contribution in [1.82, 2.24) is 10.4 Å². The van der Waals surface area contributed by atoms with Crippen molar-refractivity contribution < 1.29 is 4.79 Å². The van der Waals surface area contributed by atoms with Crippen LogP contribution in [-0.2, 0) is 0 Å². The number of carbonyl (C=O) groups excluding carboxylic acids is 1. The maximum atomic E-state index is 11.5. The van der Waals surface area contributed by atoms with Gasteiger partial charge in [0.05, 0.1) is 5.56 Å². The number of aromatic amines is 1. The quantitative estimate of drug-likeness (QED) is 0.423. The summed E-state index contributed by atoms with van der Waals surface area (Å²) < 4.78 is 0. The first-order valence-corrected chi connectivity index (χ1v) is 5.04. The topological polar surface area (TPSA) is 70.9 Å². The summed E-state index contributed by atoms with van der Waals surface area (Å²) in [6.07, 6.45) is 3.35. The average Bonchev–Trinajstić information content (AvgIpc) is 2.78. The molecule has 0 radical (unpaired) electrons. The van der Waals surface area contributed by atoms with E-state index in [4.69, 9.17) is 17.4 Å². The lowest BCUT2D eigenvalue weighted by molar-refractivity contribution is 0.0954. The van der Waals surface area contributed by atoms with Crippen molar-refractivity contribution >= 4 is 17.5 Å². The van der Waals surface area contributed by atoms with E-state index in [2.05, 4.69) is 10.4 Å². The van der Waals surface area contributed by atoms with Gasteiger partial charge in [-0.1, -0.05) is 23.7 Å². The highest BCUT2D eigenvalue weighted by molar-refractivity contribution is 6.30. The van der Waals surface area contributed by atoms with Gasteiger partial charge in [-0.25, -0.2) is 5.84 Å². The van der Waals surface area contributed by atoms with Gasteiger partial charge in [0.15, 0.2) is 0 Å². The minimum Gasteiger partial charge on any atom is -0.366 e. The maximum absolute atomic E-state index is 11.5. The van der Waals surface area contributed by atoms with Crippen molar-refractivity contribution in [2.45, 2.75) is 0 Å². The Morgan fingerprint density at radius 2 is 1.94 bits per heavy atom. The van der Waals surface area contributed by atoms with Crippen molar-refractivity contribution in [3.8, 4) is 11.1 Å². The van der Waals surface area contributed by atoms with Gasteiger partial charge in [-0.2, -0.15) is 0 Å². The zero-order chi connectivity index (χ0) is 11.5. The molecule has 1 aromatic carbocycles. The Labute approximate surface area is 97.4 Å². The van der Waals surface area contributed by atoms with Gasteiger partial charge in [-0.05, 0) is 17.7 Å². The van der Waals surface area contributed by atoms with E-state index >= 15 is 0 Å². The van der Waals surface area contributed by atoms with Crippen molar-refractivity contribution in [2.24, 2.45) is 5.84 Å². The molecular weight excluding hydrogens is 226 g/mol. The average molecular weight is 236 g/mol. The fourth-order valence-corrected chi connectivity index (χ4v) is 1.62. The number of hydrogen-bond donors (Lipinski definition) is 3. The van der Waals surface area contributed by atoms with E-state index in [0.29, 0.717) is 10.6 Å². The van der Waals surface area contributed by atoms with Gasteiger partial charge >= 0.3 is 0 Å². The third kappa shape index (κ3) is 1.93. The molecule has 0 unspecified atom stereocenters. The van der Waals surface area contributed by atoms with Crippen LogP contribution in [0, 0.1) is 0 Å². The van der Waals surface area contributed by atoms with Crippen LogP contribution in [0.2, 0.25) is 5.02 Å². The first-order chi connectivity index (χ1) is 7.72. The van der Waals surface area contributed by atoms with Crippen molar-refractivity contribution in [2.75, 3.05) is 0 Å². The van der Waals surface area contributed by atoms with E-state index in [1.54, 1.807) is 24.5 Å². The Morgan fingerprint density at radius 1 is 1.25 bits per heavy atom. The summed E-state index contributed by atoms with van der Waals surface area (Å²) in [6.45, 7) is 0. The van der Waals surface area contributed by atoms with Crippen LogP contribution in [0.3, 0.4) is 0 Å². The van der Waals surface area contributed by atoms with Crippen LogP contribution >= 0.6 is 11.6 Å². The fourth-order valence-electron chi connectivity index (χ4n) is 1.50. The summed E-state index contributed by atoms with van der Waals surface area (Å²) in [4.78, 5) is 14.3. The first kappa shape index (κ1) is 10.7. The second kappa shape index (κ2) is 4.38. The van der Waals surface area contributed by atoms with Crippen molar-refractivity contribution in [1.29, 1.82) is 0 Å². The molecule has 0 aliphatic carbocycles. The largest absolute Gasteiger partial charge is 0.366 e. The molecule has 1 amide bonds. The SMILES string of the molecule is NNC(=O)c1c[nH]cc1-c1ccc(Cl)cc1. The molecule has 0 fully saturated rings. The fraction of sp³-hybridized carbons (Fsp3) is 0. The molecule has 2 rings (SSSR count). The summed E-state index contributed by atoms with van der Waals surface area (Å²) in [5, 5.41) is 0.657. The number of benzene rings is 1. The smallest absolute Gasteiger partial charge is 0.267 e. The molecule has 0 saturated heterocycles. The molecule has 0 bridgehead atoms. The number of nitrogens with two attached hydrogens (primary N) is 1. The molecule has 4 N–H and O–H groups in total. The van der Waals surface area contributed by atoms with Crippen molar-refractivity contribution in [3.63, 3.8) is 0 Å². The molecule has 0 saturated carbocycles. The number of nitrogen functional groups attached to an aromatic ring is 1. The number of hydrogen-bond acceptors (Lipinski definition) is 2. The van der Waals surface area contributed by atoms with Gasteiger partial charge in [-0.15, -0.1) is 0 Å². The highest BCUT2D eigenvalue weighted by atomic mass is 35.5. The third-order valence-corrected chi connectivity index (χ3v) is 2.53. The van der Waals surface area contributed by atoms with E-state index in [1.165, 1.54) is 0 Å². The number of carbonyl (C=O) groups is 1. The number of halogens is 1. The Morgan fingerprint density at radius 3 is 2.56 bits per heavy atom. The van der Waals surface area contributed by atoms with E-state index in [9.17, 15) is 4.79 Å². The number of amides is 1. The Bertz CT molecular complexity index is 504. The Hall–Kier alpha value is -1.78. The monoisotopic (exact) mass is 235 g/mol. The number of H-pyrrole nitrogens is 1. The van der Waals surface area contributed by atoms with Gasteiger partial charge in [0.25, 0.3) is 5.91 Å². The lowest BCUT2D eigenvalue weighted by Gasteiger charge is -2.02. The molecule has 0 aliphatic heterocycles. The highest BCUT2D eigenvalue weighted by Gasteiger charge is 2.12. The maximum Gasteiger partial charge on any atom is 0.267 e. The van der Waals surface area contributed by atoms with E-state index in [0.717, 1.165) is 11.1 Å². The lowest BCUT2D eigenvalue weighted by Crippen LogP contribution is -2.30. The molecule has 0 aliphatic rings. The highest BCUT2D eigenvalue weighted by Crippen LogP contribution is 2.24. The molecule has 1 aromatic heterocycles. The molecule has 1 heterocycles. The molecule has 16 heavy (non-hydrogen) atoms. The van der Waals surface area contributed by atoms with Crippen LogP contribution in [0.25, 0.3) is 11.1 Å². The van der Waals surface area contributed by atoms with Gasteiger partial charge in [0.2, 0.25) is 0 Å². The third-order valence-electron chi connectivity index (χ3n) is 2.28. The van der Waals surface area contributed by atoms with Gasteiger partial charge in [0, 0.05) is 23.0 Å². The Balaban J connectivity index is 2.44. The first-order valence-electron chi connectivity index (χ1n) is 4.66. The normalized spacial score (nSPS) is 10.1. The lowest BCUT2D eigenvalue weighted by atomic mass is 10.0. The van der Waals surface area contributed by atoms with Crippen LogP contribution < -0.4 is 11.3 Å². The van der Waals surface area contributed by atoms with Crippen LogP contribution in [0.5, 0.6) is 0 Å². The van der Waals surface area contributed by atoms with E-state index in [-0.39, 0.29) is 5.91 Å². The number of aromatic nitrogens is 1. The van der Waals surface area contributed by atoms with Gasteiger partial charge in [0.1, 0.15) is 0 Å². The molecule has 82 valence electrons. The second-order valence-corrected chi connectivity index (χ2v) is 3.70. The number of nitrogens with one attached hydrogen (secondary N) is 2. The molecular formula is C11H10ClN3O. The summed E-state index contributed by atoms with van der Waals surface area (Å²) in [6, 6.07) is 7.24. The van der Waals surface area contributed by atoms with Crippen LogP contribution in [0.1, 0.15) is 10.4 Å². The summed E-state index contributed by atoms with van der Waals surface area (Å²) in [7, 11) is 0. The zero-order valence-corrected chi connectivity index (χ0v) is 9.08. The molecule has 5 heteroatoms. The molecule has 2 aromatic rings. The van der Waals surface area contributed by atoms with Gasteiger partial charge < -0.3 is 4.98 Å². The van der Waals surface area contributed by atoms with E-state index < -0.39 is 0 Å². The summed E-state index contributed by atoms with van der Waals surface area (Å²) in [5.74, 6) is 4.77. The minimum atomic E-state index is -0.328.